The normalized spacial score (nSPS) is 17.9. The minimum absolute atomic E-state index is 0.664. The summed E-state index contributed by atoms with van der Waals surface area (Å²) in [7, 11) is 1.91. The van der Waals surface area contributed by atoms with Crippen molar-refractivity contribution in [3.63, 3.8) is 0 Å². The number of nitrogens with one attached hydrogen (secondary N) is 1. The van der Waals surface area contributed by atoms with Gasteiger partial charge in [-0.2, -0.15) is 5.10 Å². The molecule has 0 aliphatic heterocycles. The second-order valence-corrected chi connectivity index (χ2v) is 5.58. The lowest BCUT2D eigenvalue weighted by molar-refractivity contribution is 0.507. The van der Waals surface area contributed by atoms with Gasteiger partial charge in [-0.15, -0.1) is 0 Å². The SMILES string of the molecule is Cn1cnc(CCNCC2CCCc3ccccc32)n1. The molecule has 3 rings (SSSR count). The molecule has 1 aliphatic carbocycles. The summed E-state index contributed by atoms with van der Waals surface area (Å²) in [6.07, 6.45) is 6.50. The maximum atomic E-state index is 4.30. The molecule has 4 nitrogen and oxygen atoms in total. The first-order valence-corrected chi connectivity index (χ1v) is 7.46. The first-order chi connectivity index (χ1) is 9.83. The Hall–Kier alpha value is -1.68. The Bertz CT molecular complexity index is 561. The molecule has 1 heterocycles. The predicted octanol–water partition coefficient (Wildman–Crippen LogP) is 2.07. The van der Waals surface area contributed by atoms with Crippen molar-refractivity contribution in [2.45, 2.75) is 31.6 Å². The van der Waals surface area contributed by atoms with Gasteiger partial charge in [-0.3, -0.25) is 4.68 Å². The molecule has 0 spiro atoms. The van der Waals surface area contributed by atoms with E-state index in [9.17, 15) is 0 Å². The second-order valence-electron chi connectivity index (χ2n) is 5.58. The fraction of sp³-hybridized carbons (Fsp3) is 0.500. The van der Waals surface area contributed by atoms with E-state index < -0.39 is 0 Å². The quantitative estimate of drug-likeness (QED) is 0.846. The summed E-state index contributed by atoms with van der Waals surface area (Å²) < 4.78 is 1.76. The Morgan fingerprint density at radius 2 is 2.25 bits per heavy atom. The van der Waals surface area contributed by atoms with Gasteiger partial charge in [-0.05, 0) is 36.3 Å². The van der Waals surface area contributed by atoms with Crippen molar-refractivity contribution in [2.24, 2.45) is 7.05 Å². The lowest BCUT2D eigenvalue weighted by atomic mass is 9.83. The number of benzene rings is 1. The van der Waals surface area contributed by atoms with E-state index in [2.05, 4.69) is 39.7 Å². The van der Waals surface area contributed by atoms with E-state index >= 15 is 0 Å². The molecule has 106 valence electrons. The molecule has 0 saturated carbocycles. The van der Waals surface area contributed by atoms with Crippen LogP contribution in [0.1, 0.15) is 35.7 Å². The van der Waals surface area contributed by atoms with E-state index in [1.807, 2.05) is 7.05 Å². The highest BCUT2D eigenvalue weighted by Gasteiger charge is 2.18. The summed E-state index contributed by atoms with van der Waals surface area (Å²) in [5.41, 5.74) is 3.08. The lowest BCUT2D eigenvalue weighted by Gasteiger charge is -2.25. The molecule has 1 aliphatic rings. The molecule has 0 saturated heterocycles. The number of hydrogen-bond donors (Lipinski definition) is 1. The van der Waals surface area contributed by atoms with Crippen LogP contribution in [0.25, 0.3) is 0 Å². The van der Waals surface area contributed by atoms with Crippen LogP contribution in [0.15, 0.2) is 30.6 Å². The van der Waals surface area contributed by atoms with Crippen LogP contribution in [0, 0.1) is 0 Å². The van der Waals surface area contributed by atoms with E-state index in [0.717, 1.165) is 25.3 Å². The van der Waals surface area contributed by atoms with Crippen LogP contribution in [0.5, 0.6) is 0 Å². The molecule has 0 radical (unpaired) electrons. The maximum absolute atomic E-state index is 4.30. The van der Waals surface area contributed by atoms with Crippen molar-refractivity contribution in [2.75, 3.05) is 13.1 Å². The number of fused-ring (bicyclic) bond motifs is 1. The average molecular weight is 270 g/mol. The monoisotopic (exact) mass is 270 g/mol. The third-order valence-corrected chi connectivity index (χ3v) is 4.06. The predicted molar refractivity (Wildman–Crippen MR) is 79.7 cm³/mol. The summed E-state index contributed by atoms with van der Waals surface area (Å²) in [6, 6.07) is 8.89. The minimum atomic E-state index is 0.664. The highest BCUT2D eigenvalue weighted by Crippen LogP contribution is 2.30. The molecule has 1 aromatic heterocycles. The number of aryl methyl sites for hydroxylation is 2. The zero-order valence-electron chi connectivity index (χ0n) is 12.0. The number of rotatable bonds is 5. The van der Waals surface area contributed by atoms with Crippen LogP contribution in [-0.4, -0.2) is 27.9 Å². The van der Waals surface area contributed by atoms with Crippen molar-refractivity contribution in [1.82, 2.24) is 20.1 Å². The molecule has 0 amide bonds. The molecule has 4 heteroatoms. The summed E-state index contributed by atoms with van der Waals surface area (Å²) in [6.45, 7) is 2.01. The fourth-order valence-corrected chi connectivity index (χ4v) is 3.04. The Balaban J connectivity index is 1.50. The van der Waals surface area contributed by atoms with Crippen molar-refractivity contribution >= 4 is 0 Å². The summed E-state index contributed by atoms with van der Waals surface area (Å²) in [5, 5.41) is 7.86. The Morgan fingerprint density at radius 1 is 1.35 bits per heavy atom. The van der Waals surface area contributed by atoms with Gasteiger partial charge in [0.05, 0.1) is 0 Å². The molecular formula is C16H22N4. The van der Waals surface area contributed by atoms with Gasteiger partial charge in [0.1, 0.15) is 6.33 Å². The minimum Gasteiger partial charge on any atom is -0.316 e. The van der Waals surface area contributed by atoms with Gasteiger partial charge in [-0.1, -0.05) is 24.3 Å². The van der Waals surface area contributed by atoms with E-state index in [-0.39, 0.29) is 0 Å². The van der Waals surface area contributed by atoms with Crippen LogP contribution >= 0.6 is 0 Å². The van der Waals surface area contributed by atoms with Crippen molar-refractivity contribution in [3.05, 3.63) is 47.5 Å². The highest BCUT2D eigenvalue weighted by atomic mass is 15.3. The standard InChI is InChI=1S/C16H22N4/c1-20-12-18-16(19-20)9-10-17-11-14-7-4-6-13-5-2-3-8-15(13)14/h2-3,5,8,12,14,17H,4,6-7,9-11H2,1H3. The molecule has 1 unspecified atom stereocenters. The molecule has 20 heavy (non-hydrogen) atoms. The zero-order chi connectivity index (χ0) is 13.8. The van der Waals surface area contributed by atoms with E-state index in [4.69, 9.17) is 0 Å². The van der Waals surface area contributed by atoms with Crippen LogP contribution in [0.4, 0.5) is 0 Å². The van der Waals surface area contributed by atoms with Gasteiger partial charge < -0.3 is 5.32 Å². The van der Waals surface area contributed by atoms with Crippen LogP contribution in [0.2, 0.25) is 0 Å². The van der Waals surface area contributed by atoms with Gasteiger partial charge in [0, 0.05) is 26.6 Å². The zero-order valence-corrected chi connectivity index (χ0v) is 12.0. The van der Waals surface area contributed by atoms with Crippen molar-refractivity contribution in [1.29, 1.82) is 0 Å². The molecule has 0 bridgehead atoms. The van der Waals surface area contributed by atoms with Gasteiger partial charge >= 0.3 is 0 Å². The molecule has 0 fully saturated rings. The summed E-state index contributed by atoms with van der Waals surface area (Å²) in [4.78, 5) is 4.25. The Kier molecular flexibility index (Phi) is 4.11. The first-order valence-electron chi connectivity index (χ1n) is 7.46. The van der Waals surface area contributed by atoms with Crippen molar-refractivity contribution < 1.29 is 0 Å². The second kappa shape index (κ2) is 6.18. The van der Waals surface area contributed by atoms with Gasteiger partial charge in [-0.25, -0.2) is 4.98 Å². The number of hydrogen-bond acceptors (Lipinski definition) is 3. The molecular weight excluding hydrogens is 248 g/mol. The average Bonchev–Trinajstić information content (AvgIpc) is 2.89. The molecule has 1 N–H and O–H groups in total. The van der Waals surface area contributed by atoms with Crippen LogP contribution < -0.4 is 5.32 Å². The Morgan fingerprint density at radius 3 is 3.10 bits per heavy atom. The summed E-state index contributed by atoms with van der Waals surface area (Å²) in [5.74, 6) is 1.58. The van der Waals surface area contributed by atoms with E-state index in [1.54, 1.807) is 16.6 Å². The van der Waals surface area contributed by atoms with Gasteiger partial charge in [0.15, 0.2) is 5.82 Å². The smallest absolute Gasteiger partial charge is 0.151 e. The third-order valence-electron chi connectivity index (χ3n) is 4.06. The Labute approximate surface area is 120 Å². The number of aromatic nitrogens is 3. The van der Waals surface area contributed by atoms with Gasteiger partial charge in [0.2, 0.25) is 0 Å². The number of nitrogens with zero attached hydrogens (tertiary/aromatic N) is 3. The topological polar surface area (TPSA) is 42.7 Å². The van der Waals surface area contributed by atoms with Gasteiger partial charge in [0.25, 0.3) is 0 Å². The van der Waals surface area contributed by atoms with Crippen LogP contribution in [-0.2, 0) is 19.9 Å². The largest absolute Gasteiger partial charge is 0.316 e. The third kappa shape index (κ3) is 3.07. The molecule has 1 atom stereocenters. The fourth-order valence-electron chi connectivity index (χ4n) is 3.04. The summed E-state index contributed by atoms with van der Waals surface area (Å²) >= 11 is 0. The maximum Gasteiger partial charge on any atom is 0.151 e. The first kappa shape index (κ1) is 13.3. The van der Waals surface area contributed by atoms with E-state index in [0.29, 0.717) is 5.92 Å². The molecule has 2 aromatic rings. The highest BCUT2D eigenvalue weighted by molar-refractivity contribution is 5.32. The lowest BCUT2D eigenvalue weighted by Crippen LogP contribution is -2.26. The van der Waals surface area contributed by atoms with E-state index in [1.165, 1.54) is 24.8 Å². The van der Waals surface area contributed by atoms with Crippen molar-refractivity contribution in [3.8, 4) is 0 Å². The molecule has 1 aromatic carbocycles. The van der Waals surface area contributed by atoms with Crippen LogP contribution in [0.3, 0.4) is 0 Å².